The molecule has 2 rings (SSSR count). The van der Waals surface area contributed by atoms with Gasteiger partial charge in [-0.1, -0.05) is 31.7 Å². The van der Waals surface area contributed by atoms with Gasteiger partial charge < -0.3 is 4.90 Å². The van der Waals surface area contributed by atoms with Crippen molar-refractivity contribution in [2.75, 3.05) is 25.4 Å². The molecule has 0 N–H and O–H groups in total. The summed E-state index contributed by atoms with van der Waals surface area (Å²) in [5.74, 6) is 1.05. The van der Waals surface area contributed by atoms with E-state index in [4.69, 9.17) is 0 Å². The van der Waals surface area contributed by atoms with Crippen molar-refractivity contribution in [2.24, 2.45) is 0 Å². The Morgan fingerprint density at radius 1 is 1.24 bits per heavy atom. The molecule has 2 heterocycles. The van der Waals surface area contributed by atoms with Gasteiger partial charge in [0.15, 0.2) is 10.8 Å². The van der Waals surface area contributed by atoms with Crippen LogP contribution in [0.1, 0.15) is 13.8 Å². The van der Waals surface area contributed by atoms with Gasteiger partial charge in [0.2, 0.25) is 0 Å². The Hall–Kier alpha value is -1.07. The molecule has 4 nitrogen and oxygen atoms in total. The molecule has 0 aliphatic carbocycles. The number of thioether (sulfide) groups is 1. The molecule has 0 fully saturated rings. The van der Waals surface area contributed by atoms with E-state index in [1.54, 1.807) is 11.8 Å². The summed E-state index contributed by atoms with van der Waals surface area (Å²) in [6.07, 6.45) is 2.01. The summed E-state index contributed by atoms with van der Waals surface area (Å²) in [6, 6.07) is 5.96. The topological polar surface area (TPSA) is 33.4 Å². The monoisotopic (exact) mass is 250 g/mol. The molecular formula is C12H18N4S. The molecule has 0 amide bonds. The Bertz CT molecular complexity index is 464. The quantitative estimate of drug-likeness (QED) is 0.736. The minimum absolute atomic E-state index is 0.915. The minimum atomic E-state index is 0.915. The normalized spacial score (nSPS) is 11.5. The van der Waals surface area contributed by atoms with E-state index in [2.05, 4.69) is 28.9 Å². The van der Waals surface area contributed by atoms with Gasteiger partial charge in [0.1, 0.15) is 0 Å². The molecule has 0 radical (unpaired) electrons. The molecule has 0 unspecified atom stereocenters. The molecule has 0 saturated carbocycles. The lowest BCUT2D eigenvalue weighted by Gasteiger charge is -2.16. The van der Waals surface area contributed by atoms with Crippen LogP contribution in [-0.4, -0.2) is 44.9 Å². The van der Waals surface area contributed by atoms with Crippen LogP contribution in [-0.2, 0) is 0 Å². The lowest BCUT2D eigenvalue weighted by Crippen LogP contribution is -2.25. The average molecular weight is 250 g/mol. The van der Waals surface area contributed by atoms with Crippen LogP contribution in [0.3, 0.4) is 0 Å². The van der Waals surface area contributed by atoms with Crippen molar-refractivity contribution in [3.8, 4) is 0 Å². The Balaban J connectivity index is 1.95. The maximum atomic E-state index is 4.20. The summed E-state index contributed by atoms with van der Waals surface area (Å²) in [7, 11) is 0. The van der Waals surface area contributed by atoms with Crippen molar-refractivity contribution in [1.29, 1.82) is 0 Å². The van der Waals surface area contributed by atoms with Gasteiger partial charge in [0, 0.05) is 18.5 Å². The second-order valence-corrected chi connectivity index (χ2v) is 4.85. The molecule has 0 spiro atoms. The van der Waals surface area contributed by atoms with Crippen molar-refractivity contribution >= 4 is 17.4 Å². The highest BCUT2D eigenvalue weighted by Crippen LogP contribution is 2.16. The Morgan fingerprint density at radius 2 is 2.06 bits per heavy atom. The van der Waals surface area contributed by atoms with E-state index in [1.165, 1.54) is 0 Å². The average Bonchev–Trinajstić information content (AvgIpc) is 2.78. The molecule has 5 heteroatoms. The summed E-state index contributed by atoms with van der Waals surface area (Å²) in [5.41, 5.74) is 0.915. The third-order valence-corrected chi connectivity index (χ3v) is 3.74. The standard InChI is InChI=1S/C12H18N4S/c1-3-15(4-2)9-10-17-12-14-13-11-7-5-6-8-16(11)12/h5-8H,3-4,9-10H2,1-2H3. The Kier molecular flexibility index (Phi) is 4.39. The third kappa shape index (κ3) is 2.98. The zero-order chi connectivity index (χ0) is 12.1. The lowest BCUT2D eigenvalue weighted by molar-refractivity contribution is 0.324. The first-order valence-electron chi connectivity index (χ1n) is 6.00. The van der Waals surface area contributed by atoms with Crippen LogP contribution >= 0.6 is 11.8 Å². The molecule has 17 heavy (non-hydrogen) atoms. The van der Waals surface area contributed by atoms with Crippen LogP contribution in [0.25, 0.3) is 5.65 Å². The lowest BCUT2D eigenvalue weighted by atomic mass is 10.5. The summed E-state index contributed by atoms with van der Waals surface area (Å²) >= 11 is 1.76. The highest BCUT2D eigenvalue weighted by atomic mass is 32.2. The molecular weight excluding hydrogens is 232 g/mol. The first kappa shape index (κ1) is 12.4. The largest absolute Gasteiger partial charge is 0.303 e. The first-order chi connectivity index (χ1) is 8.35. The van der Waals surface area contributed by atoms with Crippen LogP contribution in [0.5, 0.6) is 0 Å². The number of hydrogen-bond donors (Lipinski definition) is 0. The zero-order valence-corrected chi connectivity index (χ0v) is 11.2. The van der Waals surface area contributed by atoms with Gasteiger partial charge in [-0.25, -0.2) is 0 Å². The Morgan fingerprint density at radius 3 is 2.82 bits per heavy atom. The van der Waals surface area contributed by atoms with Gasteiger partial charge in [-0.15, -0.1) is 10.2 Å². The fraction of sp³-hybridized carbons (Fsp3) is 0.500. The zero-order valence-electron chi connectivity index (χ0n) is 10.3. The van der Waals surface area contributed by atoms with Crippen LogP contribution in [0.2, 0.25) is 0 Å². The second kappa shape index (κ2) is 6.02. The molecule has 92 valence electrons. The highest BCUT2D eigenvalue weighted by Gasteiger charge is 2.05. The second-order valence-electron chi connectivity index (χ2n) is 3.79. The van der Waals surface area contributed by atoms with E-state index >= 15 is 0 Å². The SMILES string of the molecule is CCN(CC)CCSc1nnc2ccccn12. The van der Waals surface area contributed by atoms with Gasteiger partial charge in [0.25, 0.3) is 0 Å². The van der Waals surface area contributed by atoms with Crippen LogP contribution in [0, 0.1) is 0 Å². The molecule has 0 aliphatic heterocycles. The van der Waals surface area contributed by atoms with E-state index in [0.717, 1.165) is 36.2 Å². The van der Waals surface area contributed by atoms with E-state index in [0.29, 0.717) is 0 Å². The maximum absolute atomic E-state index is 4.20. The van der Waals surface area contributed by atoms with Crippen molar-refractivity contribution in [1.82, 2.24) is 19.5 Å². The molecule has 0 saturated heterocycles. The van der Waals surface area contributed by atoms with Gasteiger partial charge in [0.05, 0.1) is 0 Å². The molecule has 0 atom stereocenters. The molecule has 0 aliphatic rings. The molecule has 0 aromatic carbocycles. The van der Waals surface area contributed by atoms with Crippen molar-refractivity contribution < 1.29 is 0 Å². The van der Waals surface area contributed by atoms with E-state index in [1.807, 2.05) is 28.8 Å². The predicted octanol–water partition coefficient (Wildman–Crippen LogP) is 2.16. The van der Waals surface area contributed by atoms with Crippen LogP contribution in [0.15, 0.2) is 29.6 Å². The summed E-state index contributed by atoms with van der Waals surface area (Å²) in [4.78, 5) is 2.41. The number of aromatic nitrogens is 3. The summed E-state index contributed by atoms with van der Waals surface area (Å²) in [5, 5.41) is 9.32. The fourth-order valence-corrected chi connectivity index (χ4v) is 2.65. The summed E-state index contributed by atoms with van der Waals surface area (Å²) < 4.78 is 2.03. The molecule has 0 bridgehead atoms. The first-order valence-corrected chi connectivity index (χ1v) is 6.98. The van der Waals surface area contributed by atoms with Gasteiger partial charge in [-0.3, -0.25) is 4.40 Å². The van der Waals surface area contributed by atoms with Gasteiger partial charge in [-0.2, -0.15) is 0 Å². The number of hydrogen-bond acceptors (Lipinski definition) is 4. The minimum Gasteiger partial charge on any atom is -0.303 e. The van der Waals surface area contributed by atoms with Crippen LogP contribution in [0.4, 0.5) is 0 Å². The smallest absolute Gasteiger partial charge is 0.195 e. The fourth-order valence-electron chi connectivity index (χ4n) is 1.72. The number of rotatable bonds is 6. The third-order valence-electron chi connectivity index (χ3n) is 2.82. The predicted molar refractivity (Wildman–Crippen MR) is 71.5 cm³/mol. The van der Waals surface area contributed by atoms with E-state index < -0.39 is 0 Å². The number of nitrogens with zero attached hydrogens (tertiary/aromatic N) is 4. The maximum Gasteiger partial charge on any atom is 0.195 e. The highest BCUT2D eigenvalue weighted by molar-refractivity contribution is 7.99. The molecule has 2 aromatic rings. The Labute approximate surface area is 106 Å². The van der Waals surface area contributed by atoms with Crippen molar-refractivity contribution in [2.45, 2.75) is 19.0 Å². The summed E-state index contributed by atoms with van der Waals surface area (Å²) in [6.45, 7) is 7.70. The van der Waals surface area contributed by atoms with Crippen molar-refractivity contribution in [3.05, 3.63) is 24.4 Å². The number of pyridine rings is 1. The van der Waals surface area contributed by atoms with Gasteiger partial charge >= 0.3 is 0 Å². The molecule has 2 aromatic heterocycles. The van der Waals surface area contributed by atoms with E-state index in [9.17, 15) is 0 Å². The van der Waals surface area contributed by atoms with Crippen LogP contribution < -0.4 is 0 Å². The van der Waals surface area contributed by atoms with E-state index in [-0.39, 0.29) is 0 Å². The van der Waals surface area contributed by atoms with Crippen molar-refractivity contribution in [3.63, 3.8) is 0 Å². The van der Waals surface area contributed by atoms with Gasteiger partial charge in [-0.05, 0) is 25.2 Å². The number of fused-ring (bicyclic) bond motifs is 1.